The maximum atomic E-state index is 11.3. The Morgan fingerprint density at radius 3 is 2.35 bits per heavy atom. The molecule has 0 radical (unpaired) electrons. The monoisotopic (exact) mass is 307 g/mol. The minimum atomic E-state index is -0.796. The lowest BCUT2D eigenvalue weighted by molar-refractivity contribution is -0.114. The van der Waals surface area contributed by atoms with E-state index in [2.05, 4.69) is 15.2 Å². The van der Waals surface area contributed by atoms with E-state index in [-0.39, 0.29) is 5.57 Å². The van der Waals surface area contributed by atoms with Crippen LogP contribution in [0.15, 0.2) is 70.2 Å². The molecule has 5 nitrogen and oxygen atoms in total. The molecule has 116 valence electrons. The van der Waals surface area contributed by atoms with Crippen LogP contribution < -0.4 is 0 Å². The standard InChI is InChI=1S/C18H17N3O2/c1-12(18(22)21-23)13(2)20-14(3)16-9-17(11-19-10-16)15-7-5-4-6-8-15/h4-11H,1-3H3/b13-12+,20-14?. The van der Waals surface area contributed by atoms with E-state index in [0.717, 1.165) is 16.7 Å². The van der Waals surface area contributed by atoms with E-state index >= 15 is 0 Å². The summed E-state index contributed by atoms with van der Waals surface area (Å²) in [5.41, 5.74) is 4.33. The van der Waals surface area contributed by atoms with Gasteiger partial charge in [-0.1, -0.05) is 30.3 Å². The first-order valence-electron chi connectivity index (χ1n) is 7.14. The van der Waals surface area contributed by atoms with Gasteiger partial charge in [0.2, 0.25) is 0 Å². The number of nitroso groups, excluding NO2 is 1. The Morgan fingerprint density at radius 2 is 1.70 bits per heavy atom. The van der Waals surface area contributed by atoms with Gasteiger partial charge in [0, 0.05) is 45.7 Å². The van der Waals surface area contributed by atoms with Gasteiger partial charge in [0.05, 0.1) is 0 Å². The number of carbonyl (C=O) groups is 1. The molecule has 1 heterocycles. The van der Waals surface area contributed by atoms with Crippen molar-refractivity contribution in [2.24, 2.45) is 10.2 Å². The first-order valence-corrected chi connectivity index (χ1v) is 7.14. The summed E-state index contributed by atoms with van der Waals surface area (Å²) in [6.07, 6.45) is 3.51. The Labute approximate surface area is 134 Å². The summed E-state index contributed by atoms with van der Waals surface area (Å²) < 4.78 is 0. The highest BCUT2D eigenvalue weighted by Gasteiger charge is 2.08. The van der Waals surface area contributed by atoms with E-state index in [9.17, 15) is 9.70 Å². The minimum absolute atomic E-state index is 0.242. The van der Waals surface area contributed by atoms with Crippen molar-refractivity contribution in [3.05, 3.63) is 70.5 Å². The second-order valence-corrected chi connectivity index (χ2v) is 5.13. The van der Waals surface area contributed by atoms with Crippen molar-refractivity contribution in [2.75, 3.05) is 0 Å². The molecule has 0 saturated carbocycles. The first-order chi connectivity index (χ1) is 11.0. The van der Waals surface area contributed by atoms with E-state index in [0.29, 0.717) is 11.4 Å². The average Bonchev–Trinajstić information content (AvgIpc) is 2.61. The van der Waals surface area contributed by atoms with Crippen LogP contribution in [-0.2, 0) is 4.79 Å². The number of pyridine rings is 1. The van der Waals surface area contributed by atoms with Gasteiger partial charge in [-0.3, -0.25) is 14.8 Å². The smallest absolute Gasteiger partial charge is 0.264 e. The van der Waals surface area contributed by atoms with Gasteiger partial charge in [0.25, 0.3) is 0 Å². The van der Waals surface area contributed by atoms with Gasteiger partial charge in [-0.15, -0.1) is 4.91 Å². The van der Waals surface area contributed by atoms with Crippen LogP contribution in [0.25, 0.3) is 11.1 Å². The molecule has 0 fully saturated rings. The van der Waals surface area contributed by atoms with Crippen LogP contribution in [0.4, 0.5) is 0 Å². The molecule has 0 N–H and O–H groups in total. The molecule has 0 bridgehead atoms. The highest BCUT2D eigenvalue weighted by atomic mass is 16.3. The molecule has 1 aromatic heterocycles. The molecule has 0 spiro atoms. The molecular formula is C18H17N3O2. The third-order valence-electron chi connectivity index (χ3n) is 3.54. The second-order valence-electron chi connectivity index (χ2n) is 5.13. The summed E-state index contributed by atoms with van der Waals surface area (Å²) in [5.74, 6) is -0.796. The Hall–Kier alpha value is -2.95. The van der Waals surface area contributed by atoms with Gasteiger partial charge in [0.1, 0.15) is 0 Å². The SMILES string of the molecule is CC(=N/C(C)=C(\C)C(=O)N=O)c1cncc(-c2ccccc2)c1. The fourth-order valence-corrected chi connectivity index (χ4v) is 2.05. The van der Waals surface area contributed by atoms with Crippen molar-refractivity contribution in [1.82, 2.24) is 4.98 Å². The van der Waals surface area contributed by atoms with Gasteiger partial charge in [0.15, 0.2) is 0 Å². The fourth-order valence-electron chi connectivity index (χ4n) is 2.05. The summed E-state index contributed by atoms with van der Waals surface area (Å²) >= 11 is 0. The van der Waals surface area contributed by atoms with Crippen molar-refractivity contribution in [2.45, 2.75) is 20.8 Å². The van der Waals surface area contributed by atoms with E-state index in [1.54, 1.807) is 19.3 Å². The highest BCUT2D eigenvalue weighted by Crippen LogP contribution is 2.19. The predicted octanol–water partition coefficient (Wildman–Crippen LogP) is 4.14. The van der Waals surface area contributed by atoms with Crippen molar-refractivity contribution in [1.29, 1.82) is 0 Å². The summed E-state index contributed by atoms with van der Waals surface area (Å²) in [6, 6.07) is 11.9. The number of benzene rings is 1. The third-order valence-corrected chi connectivity index (χ3v) is 3.54. The Balaban J connectivity index is 2.37. The Morgan fingerprint density at radius 1 is 1.00 bits per heavy atom. The van der Waals surface area contributed by atoms with Crippen molar-refractivity contribution < 1.29 is 4.79 Å². The molecule has 1 aromatic carbocycles. The first kappa shape index (κ1) is 16.4. The summed E-state index contributed by atoms with van der Waals surface area (Å²) in [5, 5.41) is 2.41. The van der Waals surface area contributed by atoms with E-state index in [1.807, 2.05) is 43.3 Å². The van der Waals surface area contributed by atoms with Gasteiger partial charge in [-0.05, 0) is 32.4 Å². The number of nitrogens with zero attached hydrogens (tertiary/aromatic N) is 3. The lowest BCUT2D eigenvalue weighted by Crippen LogP contribution is -2.00. The molecule has 0 atom stereocenters. The molecule has 2 rings (SSSR count). The number of carbonyl (C=O) groups excluding carboxylic acids is 1. The minimum Gasteiger partial charge on any atom is -0.264 e. The van der Waals surface area contributed by atoms with Crippen LogP contribution in [0.3, 0.4) is 0 Å². The maximum Gasteiger partial charge on any atom is 0.314 e. The number of allylic oxidation sites excluding steroid dienone is 1. The van der Waals surface area contributed by atoms with E-state index < -0.39 is 5.91 Å². The molecule has 0 unspecified atom stereocenters. The average molecular weight is 307 g/mol. The lowest BCUT2D eigenvalue weighted by Gasteiger charge is -2.06. The largest absolute Gasteiger partial charge is 0.314 e. The molecule has 0 saturated heterocycles. The van der Waals surface area contributed by atoms with E-state index in [1.165, 1.54) is 6.92 Å². The van der Waals surface area contributed by atoms with Crippen molar-refractivity contribution in [3.63, 3.8) is 0 Å². The number of amides is 1. The lowest BCUT2D eigenvalue weighted by atomic mass is 10.0. The molecule has 0 aliphatic heterocycles. The number of hydrogen-bond donors (Lipinski definition) is 0. The molecule has 2 aromatic rings. The summed E-state index contributed by atoms with van der Waals surface area (Å²) in [6.45, 7) is 5.05. The van der Waals surface area contributed by atoms with Gasteiger partial charge >= 0.3 is 5.91 Å². The number of rotatable bonds is 4. The van der Waals surface area contributed by atoms with Crippen LogP contribution in [0, 0.1) is 4.91 Å². The zero-order valence-corrected chi connectivity index (χ0v) is 13.3. The highest BCUT2D eigenvalue weighted by molar-refractivity contribution is 6.01. The molecular weight excluding hydrogens is 290 g/mol. The quantitative estimate of drug-likeness (QED) is 0.484. The number of aromatic nitrogens is 1. The third kappa shape index (κ3) is 4.03. The van der Waals surface area contributed by atoms with E-state index in [4.69, 9.17) is 0 Å². The Kier molecular flexibility index (Phi) is 5.25. The second kappa shape index (κ2) is 7.35. The molecule has 5 heteroatoms. The van der Waals surface area contributed by atoms with Crippen molar-refractivity contribution in [3.8, 4) is 11.1 Å². The molecule has 23 heavy (non-hydrogen) atoms. The van der Waals surface area contributed by atoms with Crippen LogP contribution in [-0.4, -0.2) is 16.6 Å². The zero-order chi connectivity index (χ0) is 16.8. The van der Waals surface area contributed by atoms with Gasteiger partial charge in [-0.25, -0.2) is 0 Å². The summed E-state index contributed by atoms with van der Waals surface area (Å²) in [4.78, 5) is 30.2. The van der Waals surface area contributed by atoms with Crippen LogP contribution in [0.2, 0.25) is 0 Å². The molecule has 0 aliphatic carbocycles. The fraction of sp³-hybridized carbons (Fsp3) is 0.167. The predicted molar refractivity (Wildman–Crippen MR) is 91.1 cm³/mol. The van der Waals surface area contributed by atoms with Gasteiger partial charge < -0.3 is 0 Å². The normalized spacial score (nSPS) is 12.6. The molecule has 0 aliphatic rings. The Bertz CT molecular complexity index is 793. The van der Waals surface area contributed by atoms with Crippen LogP contribution in [0.1, 0.15) is 26.3 Å². The molecule has 1 amide bonds. The summed E-state index contributed by atoms with van der Waals surface area (Å²) in [7, 11) is 0. The topological polar surface area (TPSA) is 71.8 Å². The van der Waals surface area contributed by atoms with Crippen molar-refractivity contribution >= 4 is 11.6 Å². The zero-order valence-electron chi connectivity index (χ0n) is 13.3. The van der Waals surface area contributed by atoms with Crippen LogP contribution in [0.5, 0.6) is 0 Å². The maximum absolute atomic E-state index is 11.3. The van der Waals surface area contributed by atoms with Crippen LogP contribution >= 0.6 is 0 Å². The van der Waals surface area contributed by atoms with Gasteiger partial charge in [-0.2, -0.15) is 0 Å². The number of hydrogen-bond acceptors (Lipinski definition) is 4. The number of aliphatic imine (C=N–C) groups is 1.